The molecule has 0 unspecified atom stereocenters. The van der Waals surface area contributed by atoms with Crippen LogP contribution in [-0.2, 0) is 11.2 Å². The highest BCUT2D eigenvalue weighted by Crippen LogP contribution is 2.21. The fourth-order valence-electron chi connectivity index (χ4n) is 2.56. The molecule has 21 heavy (non-hydrogen) atoms. The van der Waals surface area contributed by atoms with Gasteiger partial charge in [0.05, 0.1) is 0 Å². The molecule has 0 bridgehead atoms. The molecule has 1 heterocycles. The number of hydrogen-bond donors (Lipinski definition) is 2. The molecule has 0 atom stereocenters. The van der Waals surface area contributed by atoms with Crippen molar-refractivity contribution < 1.29 is 14.7 Å². The maximum absolute atomic E-state index is 11.6. The molecule has 0 radical (unpaired) electrons. The quantitative estimate of drug-likeness (QED) is 0.897. The molecule has 5 nitrogen and oxygen atoms in total. The predicted octanol–water partition coefficient (Wildman–Crippen LogP) is 2.50. The first-order valence-corrected chi connectivity index (χ1v) is 7.33. The Balaban J connectivity index is 0.000000491. The number of primary amides is 1. The lowest BCUT2D eigenvalue weighted by Crippen LogP contribution is -2.38. The summed E-state index contributed by atoms with van der Waals surface area (Å²) in [6.07, 6.45) is 2.78. The van der Waals surface area contributed by atoms with Gasteiger partial charge in [-0.25, -0.2) is 4.79 Å². The Morgan fingerprint density at radius 3 is 2.24 bits per heavy atom. The second-order valence-electron chi connectivity index (χ2n) is 5.21. The molecule has 1 aromatic rings. The van der Waals surface area contributed by atoms with Crippen LogP contribution in [0.1, 0.15) is 31.7 Å². The summed E-state index contributed by atoms with van der Waals surface area (Å²) in [5, 5.41) is 7.19. The summed E-state index contributed by atoms with van der Waals surface area (Å²) in [5.41, 5.74) is 5.45. The van der Waals surface area contributed by atoms with Crippen molar-refractivity contribution in [1.29, 1.82) is 0 Å². The predicted molar refractivity (Wildman–Crippen MR) is 82.0 cm³/mol. The average molecular weight is 292 g/mol. The Hall–Kier alpha value is -2.04. The number of carboxylic acid groups (broad SMARTS) is 1. The van der Waals surface area contributed by atoms with Crippen molar-refractivity contribution in [2.45, 2.75) is 32.6 Å². The summed E-state index contributed by atoms with van der Waals surface area (Å²) in [6.45, 7) is 3.84. The molecule has 5 heteroatoms. The molecule has 116 valence electrons. The number of likely N-dealkylation sites (tertiary alicyclic amines) is 1. The van der Waals surface area contributed by atoms with E-state index < -0.39 is 6.09 Å². The highest BCUT2D eigenvalue weighted by Gasteiger charge is 2.21. The first-order valence-electron chi connectivity index (χ1n) is 7.33. The smallest absolute Gasteiger partial charge is 0.402 e. The normalized spacial score (nSPS) is 15.0. The molecule has 0 aliphatic carbocycles. The van der Waals surface area contributed by atoms with E-state index in [9.17, 15) is 4.79 Å². The zero-order valence-electron chi connectivity index (χ0n) is 12.5. The van der Waals surface area contributed by atoms with Gasteiger partial charge in [-0.1, -0.05) is 37.3 Å². The third-order valence-corrected chi connectivity index (χ3v) is 3.64. The average Bonchev–Trinajstić information content (AvgIpc) is 2.48. The van der Waals surface area contributed by atoms with E-state index in [2.05, 4.69) is 36.1 Å². The monoisotopic (exact) mass is 292 g/mol. The van der Waals surface area contributed by atoms with Crippen molar-refractivity contribution in [2.75, 3.05) is 13.1 Å². The minimum absolute atomic E-state index is 0.308. The van der Waals surface area contributed by atoms with Crippen LogP contribution in [0.15, 0.2) is 30.3 Å². The molecule has 1 aliphatic heterocycles. The SMILES string of the molecule is CCC(=O)N1CCC(Cc2ccccc2)CC1.NC(=O)O. The number of carbonyl (C=O) groups excluding carboxylic acids is 1. The number of benzene rings is 1. The number of nitrogens with two attached hydrogens (primary N) is 1. The topological polar surface area (TPSA) is 83.6 Å². The first-order chi connectivity index (χ1) is 10.0. The number of rotatable bonds is 3. The van der Waals surface area contributed by atoms with Crippen LogP contribution in [0.5, 0.6) is 0 Å². The summed E-state index contributed by atoms with van der Waals surface area (Å²) in [4.78, 5) is 22.4. The van der Waals surface area contributed by atoms with Crippen LogP contribution in [0.2, 0.25) is 0 Å². The first kappa shape index (κ1) is 17.0. The molecule has 3 N–H and O–H groups in total. The van der Waals surface area contributed by atoms with Gasteiger partial charge in [-0.15, -0.1) is 0 Å². The Kier molecular flexibility index (Phi) is 7.29. The van der Waals surface area contributed by atoms with Gasteiger partial charge in [-0.05, 0) is 30.7 Å². The van der Waals surface area contributed by atoms with Crippen LogP contribution in [0.4, 0.5) is 4.79 Å². The van der Waals surface area contributed by atoms with Crippen LogP contribution in [-0.4, -0.2) is 35.1 Å². The van der Waals surface area contributed by atoms with Gasteiger partial charge in [0.25, 0.3) is 0 Å². The molecular weight excluding hydrogens is 268 g/mol. The Bertz CT molecular complexity index is 436. The molecule has 2 rings (SSSR count). The van der Waals surface area contributed by atoms with Gasteiger partial charge in [0.15, 0.2) is 0 Å². The highest BCUT2D eigenvalue weighted by molar-refractivity contribution is 5.75. The maximum Gasteiger partial charge on any atom is 0.402 e. The summed E-state index contributed by atoms with van der Waals surface area (Å²) in [5.74, 6) is 1.06. The lowest BCUT2D eigenvalue weighted by atomic mass is 9.90. The summed E-state index contributed by atoms with van der Waals surface area (Å²) in [7, 11) is 0. The molecule has 1 aliphatic rings. The van der Waals surface area contributed by atoms with E-state index in [0.717, 1.165) is 38.3 Å². The lowest BCUT2D eigenvalue weighted by molar-refractivity contribution is -0.132. The molecule has 2 amide bonds. The Morgan fingerprint density at radius 1 is 1.24 bits per heavy atom. The number of carbonyl (C=O) groups is 2. The number of piperidine rings is 1. The van der Waals surface area contributed by atoms with E-state index in [0.29, 0.717) is 12.3 Å². The zero-order valence-corrected chi connectivity index (χ0v) is 12.5. The Morgan fingerprint density at radius 2 is 1.76 bits per heavy atom. The minimum Gasteiger partial charge on any atom is -0.465 e. The summed E-state index contributed by atoms with van der Waals surface area (Å²) in [6, 6.07) is 10.7. The summed E-state index contributed by atoms with van der Waals surface area (Å²) >= 11 is 0. The van der Waals surface area contributed by atoms with E-state index in [1.165, 1.54) is 5.56 Å². The van der Waals surface area contributed by atoms with E-state index in [-0.39, 0.29) is 0 Å². The van der Waals surface area contributed by atoms with E-state index in [4.69, 9.17) is 9.90 Å². The standard InChI is InChI=1S/C15H21NO.CH3NO2/c1-2-15(17)16-10-8-14(9-11-16)12-13-6-4-3-5-7-13;2-1(3)4/h3-7,14H,2,8-12H2,1H3;2H2,(H,3,4). The Labute approximate surface area is 125 Å². The van der Waals surface area contributed by atoms with Crippen molar-refractivity contribution in [3.8, 4) is 0 Å². The fourth-order valence-corrected chi connectivity index (χ4v) is 2.56. The second-order valence-corrected chi connectivity index (χ2v) is 5.21. The number of nitrogens with zero attached hydrogens (tertiary/aromatic N) is 1. The maximum atomic E-state index is 11.6. The molecule has 1 saturated heterocycles. The van der Waals surface area contributed by atoms with Gasteiger partial charge in [0, 0.05) is 19.5 Å². The van der Waals surface area contributed by atoms with Crippen molar-refractivity contribution >= 4 is 12.0 Å². The van der Waals surface area contributed by atoms with Crippen LogP contribution >= 0.6 is 0 Å². The van der Waals surface area contributed by atoms with Gasteiger partial charge >= 0.3 is 6.09 Å². The van der Waals surface area contributed by atoms with Gasteiger partial charge < -0.3 is 15.7 Å². The fraction of sp³-hybridized carbons (Fsp3) is 0.500. The molecule has 1 aromatic carbocycles. The molecular formula is C16H24N2O3. The highest BCUT2D eigenvalue weighted by atomic mass is 16.4. The van der Waals surface area contributed by atoms with Gasteiger partial charge in [0.2, 0.25) is 5.91 Å². The third-order valence-electron chi connectivity index (χ3n) is 3.64. The van der Waals surface area contributed by atoms with E-state index in [1.54, 1.807) is 0 Å². The van der Waals surface area contributed by atoms with Crippen LogP contribution in [0, 0.1) is 5.92 Å². The second kappa shape index (κ2) is 9.00. The van der Waals surface area contributed by atoms with Crippen LogP contribution in [0.25, 0.3) is 0 Å². The van der Waals surface area contributed by atoms with Crippen molar-refractivity contribution in [2.24, 2.45) is 11.7 Å². The lowest BCUT2D eigenvalue weighted by Gasteiger charge is -2.32. The molecule has 0 saturated carbocycles. The third kappa shape index (κ3) is 6.79. The van der Waals surface area contributed by atoms with E-state index >= 15 is 0 Å². The molecule has 1 fully saturated rings. The summed E-state index contributed by atoms with van der Waals surface area (Å²) < 4.78 is 0. The van der Waals surface area contributed by atoms with Gasteiger partial charge in [-0.3, -0.25) is 4.79 Å². The minimum atomic E-state index is -1.33. The van der Waals surface area contributed by atoms with Gasteiger partial charge in [0.1, 0.15) is 0 Å². The number of amides is 2. The van der Waals surface area contributed by atoms with Crippen molar-refractivity contribution in [3.63, 3.8) is 0 Å². The van der Waals surface area contributed by atoms with Crippen LogP contribution < -0.4 is 5.73 Å². The van der Waals surface area contributed by atoms with E-state index in [1.807, 2.05) is 11.8 Å². The molecule has 0 aromatic heterocycles. The van der Waals surface area contributed by atoms with Crippen molar-refractivity contribution in [1.82, 2.24) is 4.90 Å². The molecule has 0 spiro atoms. The van der Waals surface area contributed by atoms with Gasteiger partial charge in [-0.2, -0.15) is 0 Å². The zero-order chi connectivity index (χ0) is 15.7. The van der Waals surface area contributed by atoms with Crippen molar-refractivity contribution in [3.05, 3.63) is 35.9 Å². The number of hydrogen-bond acceptors (Lipinski definition) is 2. The van der Waals surface area contributed by atoms with Crippen LogP contribution in [0.3, 0.4) is 0 Å². The largest absolute Gasteiger partial charge is 0.465 e.